The summed E-state index contributed by atoms with van der Waals surface area (Å²) in [5.41, 5.74) is 0.634. The Morgan fingerprint density at radius 2 is 2.17 bits per heavy atom. The first-order valence-electron chi connectivity index (χ1n) is 6.75. The summed E-state index contributed by atoms with van der Waals surface area (Å²) in [6, 6.07) is 0. The first-order chi connectivity index (χ1) is 8.56. The number of Topliss-reactive ketones (excluding diaryl/α,β-unsaturated/α-hetero) is 1. The normalized spacial score (nSPS) is 19.9. The summed E-state index contributed by atoms with van der Waals surface area (Å²) in [6.45, 7) is 8.32. The van der Waals surface area contributed by atoms with E-state index >= 15 is 0 Å². The molecule has 0 amide bonds. The standard InChI is InChI=1S/C14H22N2OS/c1-4-14(3,16-7-5-6-8-16)13(17)9-12-10-18-11(2)15-12/h10H,4-9H2,1-3H3. The van der Waals surface area contributed by atoms with Gasteiger partial charge in [-0.1, -0.05) is 6.92 Å². The van der Waals surface area contributed by atoms with Crippen LogP contribution in [0.1, 0.15) is 43.8 Å². The van der Waals surface area contributed by atoms with Gasteiger partial charge in [-0.25, -0.2) is 4.98 Å². The van der Waals surface area contributed by atoms with E-state index in [-0.39, 0.29) is 5.54 Å². The van der Waals surface area contributed by atoms with E-state index in [1.54, 1.807) is 11.3 Å². The van der Waals surface area contributed by atoms with Gasteiger partial charge in [0.05, 0.1) is 22.7 Å². The molecule has 1 aliphatic heterocycles. The van der Waals surface area contributed by atoms with Crippen molar-refractivity contribution in [2.24, 2.45) is 0 Å². The topological polar surface area (TPSA) is 33.2 Å². The van der Waals surface area contributed by atoms with E-state index in [2.05, 4.69) is 23.7 Å². The first-order valence-corrected chi connectivity index (χ1v) is 7.63. The van der Waals surface area contributed by atoms with E-state index in [0.29, 0.717) is 12.2 Å². The van der Waals surface area contributed by atoms with Gasteiger partial charge in [0.25, 0.3) is 0 Å². The Balaban J connectivity index is 2.09. The van der Waals surface area contributed by atoms with Crippen LogP contribution in [-0.2, 0) is 11.2 Å². The number of nitrogens with zero attached hydrogens (tertiary/aromatic N) is 2. The monoisotopic (exact) mass is 266 g/mol. The lowest BCUT2D eigenvalue weighted by Crippen LogP contribution is -2.51. The Labute approximate surface area is 113 Å². The van der Waals surface area contributed by atoms with Crippen molar-refractivity contribution in [3.05, 3.63) is 16.1 Å². The Morgan fingerprint density at radius 3 is 2.67 bits per heavy atom. The fraction of sp³-hybridized carbons (Fsp3) is 0.714. The highest BCUT2D eigenvalue weighted by Gasteiger charge is 2.38. The van der Waals surface area contributed by atoms with E-state index in [1.165, 1.54) is 12.8 Å². The Morgan fingerprint density at radius 1 is 1.50 bits per heavy atom. The summed E-state index contributed by atoms with van der Waals surface area (Å²) in [6.07, 6.45) is 3.80. The van der Waals surface area contributed by atoms with Crippen molar-refractivity contribution in [1.29, 1.82) is 0 Å². The summed E-state index contributed by atoms with van der Waals surface area (Å²) >= 11 is 1.62. The van der Waals surface area contributed by atoms with Gasteiger partial charge in [-0.2, -0.15) is 0 Å². The third-order valence-corrected chi connectivity index (χ3v) is 4.92. The second kappa shape index (κ2) is 5.49. The van der Waals surface area contributed by atoms with Crippen LogP contribution in [0.3, 0.4) is 0 Å². The predicted molar refractivity (Wildman–Crippen MR) is 75.1 cm³/mol. The molecule has 0 aliphatic carbocycles. The number of ketones is 1. The van der Waals surface area contributed by atoms with Crippen molar-refractivity contribution < 1.29 is 4.79 Å². The molecule has 1 aromatic rings. The minimum Gasteiger partial charge on any atom is -0.297 e. The van der Waals surface area contributed by atoms with Crippen molar-refractivity contribution in [2.75, 3.05) is 13.1 Å². The summed E-state index contributed by atoms with van der Waals surface area (Å²) < 4.78 is 0. The van der Waals surface area contributed by atoms with Gasteiger partial charge in [0.15, 0.2) is 5.78 Å². The van der Waals surface area contributed by atoms with E-state index < -0.39 is 0 Å². The van der Waals surface area contributed by atoms with E-state index in [1.807, 2.05) is 12.3 Å². The van der Waals surface area contributed by atoms with Crippen LogP contribution in [-0.4, -0.2) is 34.3 Å². The highest BCUT2D eigenvalue weighted by molar-refractivity contribution is 7.09. The molecule has 0 radical (unpaired) electrons. The molecule has 1 aliphatic rings. The lowest BCUT2D eigenvalue weighted by molar-refractivity contribution is -0.129. The lowest BCUT2D eigenvalue weighted by Gasteiger charge is -2.36. The van der Waals surface area contributed by atoms with E-state index in [4.69, 9.17) is 0 Å². The number of likely N-dealkylation sites (tertiary alicyclic amines) is 1. The molecule has 1 fully saturated rings. The second-order valence-electron chi connectivity index (χ2n) is 5.28. The van der Waals surface area contributed by atoms with Crippen LogP contribution < -0.4 is 0 Å². The number of thiazole rings is 1. The van der Waals surface area contributed by atoms with E-state index in [0.717, 1.165) is 30.2 Å². The molecule has 0 spiro atoms. The van der Waals surface area contributed by atoms with Crippen molar-refractivity contribution >= 4 is 17.1 Å². The zero-order valence-electron chi connectivity index (χ0n) is 11.5. The molecule has 0 N–H and O–H groups in total. The Bertz CT molecular complexity index is 423. The predicted octanol–water partition coefficient (Wildman–Crippen LogP) is 2.83. The molecule has 0 aromatic carbocycles. The van der Waals surface area contributed by atoms with Gasteiger partial charge in [-0.15, -0.1) is 11.3 Å². The zero-order valence-corrected chi connectivity index (χ0v) is 12.3. The molecule has 0 saturated carbocycles. The summed E-state index contributed by atoms with van der Waals surface area (Å²) in [4.78, 5) is 19.3. The molecule has 0 bridgehead atoms. The molecule has 3 nitrogen and oxygen atoms in total. The molecule has 1 aromatic heterocycles. The van der Waals surface area contributed by atoms with Crippen LogP contribution in [0, 0.1) is 6.92 Å². The molecule has 1 saturated heterocycles. The van der Waals surface area contributed by atoms with Gasteiger partial charge in [0, 0.05) is 5.38 Å². The summed E-state index contributed by atoms with van der Waals surface area (Å²) in [7, 11) is 0. The highest BCUT2D eigenvalue weighted by atomic mass is 32.1. The van der Waals surface area contributed by atoms with Crippen molar-refractivity contribution in [3.8, 4) is 0 Å². The number of hydrogen-bond acceptors (Lipinski definition) is 4. The number of aromatic nitrogens is 1. The fourth-order valence-electron chi connectivity index (χ4n) is 2.65. The smallest absolute Gasteiger partial charge is 0.158 e. The number of carbonyl (C=O) groups excluding carboxylic acids is 1. The fourth-order valence-corrected chi connectivity index (χ4v) is 3.26. The number of rotatable bonds is 5. The number of hydrogen-bond donors (Lipinski definition) is 0. The Kier molecular flexibility index (Phi) is 4.17. The molecule has 100 valence electrons. The van der Waals surface area contributed by atoms with Crippen LogP contribution in [0.15, 0.2) is 5.38 Å². The number of carbonyl (C=O) groups is 1. The van der Waals surface area contributed by atoms with Crippen LogP contribution >= 0.6 is 11.3 Å². The average Bonchev–Trinajstić information content (AvgIpc) is 2.99. The molecule has 4 heteroatoms. The lowest BCUT2D eigenvalue weighted by atomic mass is 9.89. The van der Waals surface area contributed by atoms with Gasteiger partial charge < -0.3 is 0 Å². The van der Waals surface area contributed by atoms with Gasteiger partial charge in [0.2, 0.25) is 0 Å². The molecule has 1 unspecified atom stereocenters. The first kappa shape index (κ1) is 13.7. The summed E-state index contributed by atoms with van der Waals surface area (Å²) in [5.74, 6) is 0.317. The van der Waals surface area contributed by atoms with Crippen LogP contribution in [0.5, 0.6) is 0 Å². The summed E-state index contributed by atoms with van der Waals surface area (Å²) in [5, 5.41) is 3.05. The minimum atomic E-state index is -0.298. The zero-order chi connectivity index (χ0) is 13.2. The minimum absolute atomic E-state index is 0.298. The maximum atomic E-state index is 12.6. The molecule has 2 heterocycles. The van der Waals surface area contributed by atoms with Crippen LogP contribution in [0.2, 0.25) is 0 Å². The van der Waals surface area contributed by atoms with Crippen molar-refractivity contribution in [3.63, 3.8) is 0 Å². The molecule has 18 heavy (non-hydrogen) atoms. The van der Waals surface area contributed by atoms with Gasteiger partial charge in [-0.3, -0.25) is 9.69 Å². The van der Waals surface area contributed by atoms with Gasteiger partial charge in [0.1, 0.15) is 0 Å². The maximum absolute atomic E-state index is 12.6. The van der Waals surface area contributed by atoms with E-state index in [9.17, 15) is 4.79 Å². The molecular weight excluding hydrogens is 244 g/mol. The largest absolute Gasteiger partial charge is 0.297 e. The second-order valence-corrected chi connectivity index (χ2v) is 6.34. The quantitative estimate of drug-likeness (QED) is 0.821. The highest BCUT2D eigenvalue weighted by Crippen LogP contribution is 2.27. The average molecular weight is 266 g/mol. The van der Waals surface area contributed by atoms with Crippen LogP contribution in [0.4, 0.5) is 0 Å². The van der Waals surface area contributed by atoms with Crippen molar-refractivity contribution in [2.45, 2.75) is 52.0 Å². The molecular formula is C14H22N2OS. The van der Waals surface area contributed by atoms with Crippen molar-refractivity contribution in [1.82, 2.24) is 9.88 Å². The molecule has 2 rings (SSSR count). The van der Waals surface area contributed by atoms with Gasteiger partial charge in [-0.05, 0) is 46.2 Å². The SMILES string of the molecule is CCC(C)(C(=O)Cc1csc(C)n1)N1CCCC1. The Hall–Kier alpha value is -0.740. The third-order valence-electron chi connectivity index (χ3n) is 4.10. The maximum Gasteiger partial charge on any atom is 0.158 e. The van der Waals surface area contributed by atoms with Crippen LogP contribution in [0.25, 0.3) is 0 Å². The third kappa shape index (κ3) is 2.64. The molecule has 1 atom stereocenters. The van der Waals surface area contributed by atoms with Gasteiger partial charge >= 0.3 is 0 Å². The number of aryl methyl sites for hydroxylation is 1.